The van der Waals surface area contributed by atoms with E-state index in [1.807, 2.05) is 60.7 Å². The number of para-hydroxylation sites is 1. The minimum atomic E-state index is -0.773. The zero-order valence-corrected chi connectivity index (χ0v) is 32.7. The van der Waals surface area contributed by atoms with Crippen LogP contribution in [-0.2, 0) is 29.0 Å². The van der Waals surface area contributed by atoms with Gasteiger partial charge in [0.25, 0.3) is 0 Å². The Balaban J connectivity index is 1.04. The van der Waals surface area contributed by atoms with E-state index in [4.69, 9.17) is 46.9 Å². The quantitative estimate of drug-likeness (QED) is 0.102. The van der Waals surface area contributed by atoms with Crippen LogP contribution in [0.5, 0.6) is 17.2 Å². The maximum absolute atomic E-state index is 13.7. The molecule has 8 rings (SSSR count). The second-order valence-corrected chi connectivity index (χ2v) is 14.7. The van der Waals surface area contributed by atoms with Gasteiger partial charge in [-0.1, -0.05) is 71.7 Å². The monoisotopic (exact) mass is 795 g/mol. The van der Waals surface area contributed by atoms with Crippen LogP contribution in [0.15, 0.2) is 109 Å². The third kappa shape index (κ3) is 9.38. The standard InChI is InChI=1S/C44H43Cl2N3O7/c1-52-39-15-14-32(22-41(39)53-2)40(23-36-37(45)24-47-25-38(36)46)55-43(50)33-10-6-9-30(20-33)28-54-35-13-7-8-29(21-35)26-49(34-11-4-3-5-12-34)44(51)56-42-27-48-18-16-31(42)17-19-48/h3-15,20-22,24-25,31,40,42H,16-19,23,26-28H2,1-2H3/t40-,42-/m0/s1. The normalized spacial score (nSPS) is 17.8. The number of carbonyl (C=O) groups is 2. The number of pyridine rings is 1. The summed E-state index contributed by atoms with van der Waals surface area (Å²) in [7, 11) is 3.09. The average Bonchev–Trinajstić information content (AvgIpc) is 3.23. The lowest BCUT2D eigenvalue weighted by molar-refractivity contribution is -0.0311. The van der Waals surface area contributed by atoms with E-state index in [1.54, 1.807) is 55.5 Å². The Morgan fingerprint density at radius 1 is 0.839 bits per heavy atom. The summed E-state index contributed by atoms with van der Waals surface area (Å²) in [6, 6.07) is 29.6. The molecule has 1 aromatic heterocycles. The lowest BCUT2D eigenvalue weighted by Gasteiger charge is -2.44. The zero-order valence-electron chi connectivity index (χ0n) is 31.2. The average molecular weight is 797 g/mol. The number of methoxy groups -OCH3 is 2. The van der Waals surface area contributed by atoms with E-state index in [1.165, 1.54) is 12.4 Å². The molecule has 3 aliphatic heterocycles. The Bertz CT molecular complexity index is 2120. The van der Waals surface area contributed by atoms with Crippen LogP contribution in [0.1, 0.15) is 51.6 Å². The van der Waals surface area contributed by atoms with Crippen molar-refractivity contribution in [2.24, 2.45) is 5.92 Å². The highest BCUT2D eigenvalue weighted by atomic mass is 35.5. The number of esters is 1. The Morgan fingerprint density at radius 3 is 2.29 bits per heavy atom. The van der Waals surface area contributed by atoms with E-state index in [2.05, 4.69) is 9.88 Å². The van der Waals surface area contributed by atoms with Crippen LogP contribution in [0.25, 0.3) is 0 Å². The van der Waals surface area contributed by atoms with Crippen LogP contribution in [0, 0.1) is 5.92 Å². The fourth-order valence-electron chi connectivity index (χ4n) is 7.27. The molecule has 5 aromatic rings. The summed E-state index contributed by atoms with van der Waals surface area (Å²) in [5.74, 6) is 1.51. The van der Waals surface area contributed by atoms with Crippen LogP contribution in [0.3, 0.4) is 0 Å². The second-order valence-electron chi connectivity index (χ2n) is 13.9. The fourth-order valence-corrected chi connectivity index (χ4v) is 7.79. The molecule has 1 amide bonds. The minimum Gasteiger partial charge on any atom is -0.493 e. The highest BCUT2D eigenvalue weighted by molar-refractivity contribution is 6.35. The number of amides is 1. The molecule has 0 saturated carbocycles. The van der Waals surface area contributed by atoms with Crippen LogP contribution < -0.4 is 19.1 Å². The van der Waals surface area contributed by atoms with Gasteiger partial charge in [-0.2, -0.15) is 0 Å². The maximum atomic E-state index is 13.7. The predicted octanol–water partition coefficient (Wildman–Crippen LogP) is 9.36. The minimum absolute atomic E-state index is 0.103. The zero-order chi connectivity index (χ0) is 39.0. The molecule has 2 bridgehead atoms. The van der Waals surface area contributed by atoms with E-state index in [0.29, 0.717) is 56.4 Å². The van der Waals surface area contributed by atoms with Gasteiger partial charge in [0, 0.05) is 31.0 Å². The Hall–Kier alpha value is -5.29. The van der Waals surface area contributed by atoms with Crippen molar-refractivity contribution >= 4 is 41.0 Å². The topological polar surface area (TPSA) is 99.7 Å². The summed E-state index contributed by atoms with van der Waals surface area (Å²) < 4.78 is 29.4. The van der Waals surface area contributed by atoms with Crippen LogP contribution in [-0.4, -0.2) is 61.9 Å². The summed E-state index contributed by atoms with van der Waals surface area (Å²) in [5.41, 5.74) is 4.01. The van der Waals surface area contributed by atoms with Crippen molar-refractivity contribution in [1.29, 1.82) is 0 Å². The van der Waals surface area contributed by atoms with Gasteiger partial charge in [-0.25, -0.2) is 9.59 Å². The lowest BCUT2D eigenvalue weighted by atomic mass is 9.86. The van der Waals surface area contributed by atoms with Gasteiger partial charge in [0.2, 0.25) is 0 Å². The molecule has 12 heteroatoms. The Labute approximate surface area is 336 Å². The molecule has 3 saturated heterocycles. The number of anilines is 1. The molecule has 56 heavy (non-hydrogen) atoms. The first kappa shape index (κ1) is 39.0. The van der Waals surface area contributed by atoms with Crippen LogP contribution >= 0.6 is 23.2 Å². The predicted molar refractivity (Wildman–Crippen MR) is 215 cm³/mol. The molecule has 0 spiro atoms. The molecular formula is C44H43Cl2N3O7. The number of aromatic nitrogens is 1. The van der Waals surface area contributed by atoms with E-state index in [9.17, 15) is 9.59 Å². The van der Waals surface area contributed by atoms with E-state index < -0.39 is 12.1 Å². The van der Waals surface area contributed by atoms with Gasteiger partial charge in [-0.15, -0.1) is 0 Å². The summed E-state index contributed by atoms with van der Waals surface area (Å²) in [4.78, 5) is 35.5. The van der Waals surface area contributed by atoms with Gasteiger partial charge in [0.05, 0.1) is 36.4 Å². The van der Waals surface area contributed by atoms with Crippen LogP contribution in [0.2, 0.25) is 10.0 Å². The van der Waals surface area contributed by atoms with Crippen molar-refractivity contribution in [1.82, 2.24) is 9.88 Å². The number of halogens is 2. The smallest absolute Gasteiger partial charge is 0.414 e. The number of carbonyl (C=O) groups excluding carboxylic acids is 2. The molecule has 4 aromatic carbocycles. The number of hydrogen-bond donors (Lipinski definition) is 0. The fraction of sp³-hybridized carbons (Fsp3) is 0.295. The lowest BCUT2D eigenvalue weighted by Crippen LogP contribution is -2.53. The molecule has 3 aliphatic rings. The number of nitrogens with zero attached hydrogens (tertiary/aromatic N) is 3. The number of ether oxygens (including phenoxy) is 5. The molecule has 0 N–H and O–H groups in total. The van der Waals surface area contributed by atoms with Crippen molar-refractivity contribution in [2.45, 2.75) is 44.6 Å². The molecule has 0 unspecified atom stereocenters. The first-order valence-corrected chi connectivity index (χ1v) is 19.3. The van der Waals surface area contributed by atoms with Gasteiger partial charge in [0.1, 0.15) is 24.6 Å². The van der Waals surface area contributed by atoms with E-state index in [0.717, 1.165) is 49.3 Å². The first-order valence-electron chi connectivity index (χ1n) is 18.5. The van der Waals surface area contributed by atoms with Crippen molar-refractivity contribution < 1.29 is 33.3 Å². The number of hydrogen-bond acceptors (Lipinski definition) is 9. The molecule has 10 nitrogen and oxygen atoms in total. The van der Waals surface area contributed by atoms with Gasteiger partial charge in [0.15, 0.2) is 11.5 Å². The van der Waals surface area contributed by atoms with Gasteiger partial charge in [-0.05, 0) is 103 Å². The largest absolute Gasteiger partial charge is 0.493 e. The van der Waals surface area contributed by atoms with Crippen LogP contribution in [0.4, 0.5) is 10.5 Å². The third-order valence-electron chi connectivity index (χ3n) is 10.3. The summed E-state index contributed by atoms with van der Waals surface area (Å²) in [6.45, 7) is 3.42. The van der Waals surface area contributed by atoms with E-state index >= 15 is 0 Å². The highest BCUT2D eigenvalue weighted by Gasteiger charge is 2.37. The highest BCUT2D eigenvalue weighted by Crippen LogP contribution is 2.36. The summed E-state index contributed by atoms with van der Waals surface area (Å²) in [6.07, 6.45) is 4.09. The second kappa shape index (κ2) is 18.1. The van der Waals surface area contributed by atoms with Crippen molar-refractivity contribution in [3.63, 3.8) is 0 Å². The van der Waals surface area contributed by atoms with E-state index in [-0.39, 0.29) is 25.2 Å². The molecular weight excluding hydrogens is 753 g/mol. The molecule has 2 atom stereocenters. The summed E-state index contributed by atoms with van der Waals surface area (Å²) in [5, 5.41) is 0.721. The molecule has 3 fully saturated rings. The molecule has 0 aliphatic carbocycles. The van der Waals surface area contributed by atoms with Gasteiger partial charge < -0.3 is 23.7 Å². The van der Waals surface area contributed by atoms with Gasteiger partial charge >= 0.3 is 12.1 Å². The van der Waals surface area contributed by atoms with Crippen molar-refractivity contribution in [2.75, 3.05) is 38.8 Å². The number of benzene rings is 4. The molecule has 4 heterocycles. The maximum Gasteiger partial charge on any atom is 0.414 e. The van der Waals surface area contributed by atoms with Crippen molar-refractivity contribution in [3.05, 3.63) is 147 Å². The Kier molecular flexibility index (Phi) is 12.6. The number of piperidine rings is 3. The SMILES string of the molecule is COc1ccc([C@H](Cc2c(Cl)cncc2Cl)OC(=O)c2cccc(COc3cccc(CN(C(=O)O[C@H]4CN5CCC4CC5)c4ccccc4)c3)c2)cc1OC. The Morgan fingerprint density at radius 2 is 1.57 bits per heavy atom. The first-order chi connectivity index (χ1) is 27.3. The third-order valence-corrected chi connectivity index (χ3v) is 11.0. The van der Waals surface area contributed by atoms with Crippen molar-refractivity contribution in [3.8, 4) is 17.2 Å². The number of fused-ring (bicyclic) bond motifs is 3. The number of rotatable bonds is 14. The van der Waals surface area contributed by atoms with Gasteiger partial charge in [-0.3, -0.25) is 14.8 Å². The molecule has 290 valence electrons. The summed E-state index contributed by atoms with van der Waals surface area (Å²) >= 11 is 13.0. The molecule has 0 radical (unpaired) electrons.